The van der Waals surface area contributed by atoms with E-state index in [0.717, 1.165) is 7.11 Å². The lowest BCUT2D eigenvalue weighted by Gasteiger charge is -2.33. The van der Waals surface area contributed by atoms with E-state index in [-0.39, 0.29) is 4.59 Å². The molecule has 1 N–H and O–H groups in total. The van der Waals surface area contributed by atoms with Crippen LogP contribution < -0.4 is 4.83 Å². The summed E-state index contributed by atoms with van der Waals surface area (Å²) in [5.41, 5.74) is 0. The molecule has 15 heavy (non-hydrogen) atoms. The lowest BCUT2D eigenvalue weighted by atomic mass is 10.5. The molecule has 90 valence electrons. The maximum absolute atomic E-state index is 11.5. The fourth-order valence-corrected chi connectivity index (χ4v) is 2.46. The van der Waals surface area contributed by atoms with Crippen LogP contribution in [0, 0.1) is 0 Å². The number of rotatable bonds is 5. The van der Waals surface area contributed by atoms with Gasteiger partial charge in [-0.3, -0.25) is 0 Å². The lowest BCUT2D eigenvalue weighted by molar-refractivity contribution is -0.951. The minimum absolute atomic E-state index is 0.136. The molecule has 0 aliphatic carbocycles. The van der Waals surface area contributed by atoms with E-state index in [1.165, 1.54) is 0 Å². The number of carbonyl (C=O) groups is 1. The zero-order valence-electron chi connectivity index (χ0n) is 9.61. The summed E-state index contributed by atoms with van der Waals surface area (Å²) in [6.45, 7) is 7.28. The third kappa shape index (κ3) is 3.44. The van der Waals surface area contributed by atoms with Gasteiger partial charge in [-0.05, 0) is 25.6 Å². The summed E-state index contributed by atoms with van der Waals surface area (Å²) in [4.78, 5) is 13.3. The molecule has 0 rings (SSSR count). The summed E-state index contributed by atoms with van der Waals surface area (Å²) in [6, 6.07) is 0. The predicted molar refractivity (Wildman–Crippen MR) is 56.3 cm³/mol. The van der Waals surface area contributed by atoms with Gasteiger partial charge in [-0.25, -0.2) is 9.39 Å². The molecule has 0 aliphatic rings. The van der Waals surface area contributed by atoms with E-state index in [9.17, 15) is 13.2 Å². The van der Waals surface area contributed by atoms with E-state index < -0.39 is 15.3 Å². The Morgan fingerprint density at radius 2 is 1.60 bits per heavy atom. The molecule has 0 fully saturated rings. The summed E-state index contributed by atoms with van der Waals surface area (Å²) >= 11 is 0. The second kappa shape index (κ2) is 5.43. The number of carbonyl (C=O) groups excluding carboxylic acids is 1. The smallest absolute Gasteiger partial charge is 0.444 e. The van der Waals surface area contributed by atoms with Crippen LogP contribution in [-0.2, 0) is 14.8 Å². The largest absolute Gasteiger partial charge is 0.456 e. The van der Waals surface area contributed by atoms with Crippen LogP contribution in [0.15, 0.2) is 0 Å². The fourth-order valence-electron chi connectivity index (χ4n) is 1.27. The first-order valence-corrected chi connectivity index (χ1v) is 6.33. The van der Waals surface area contributed by atoms with Gasteiger partial charge >= 0.3 is 15.3 Å². The molecule has 0 saturated heterocycles. The molecule has 0 heterocycles. The van der Waals surface area contributed by atoms with Crippen LogP contribution in [0.1, 0.15) is 20.8 Å². The first kappa shape index (κ1) is 14.3. The molecular formula is C8H19N2O4S+. The van der Waals surface area contributed by atoms with Gasteiger partial charge in [-0.1, -0.05) is 0 Å². The van der Waals surface area contributed by atoms with Crippen LogP contribution in [0.5, 0.6) is 0 Å². The van der Waals surface area contributed by atoms with Crippen molar-refractivity contribution in [2.75, 3.05) is 26.7 Å². The van der Waals surface area contributed by atoms with Crippen molar-refractivity contribution in [3.05, 3.63) is 0 Å². The highest BCUT2D eigenvalue weighted by Gasteiger charge is 2.34. The Bertz CT molecular complexity index is 300. The minimum Gasteiger partial charge on any atom is -0.456 e. The third-order valence-corrected chi connectivity index (χ3v) is 3.75. The molecule has 0 amide bonds. The molecule has 0 aromatic carbocycles. The molecule has 0 spiro atoms. The molecule has 0 radical (unpaired) electrons. The van der Waals surface area contributed by atoms with E-state index in [0.29, 0.717) is 19.6 Å². The highest BCUT2D eigenvalue weighted by atomic mass is 32.2. The highest BCUT2D eigenvalue weighted by molar-refractivity contribution is 8.03. The quantitative estimate of drug-likeness (QED) is 0.430. The minimum atomic E-state index is -4.04. The zero-order valence-corrected chi connectivity index (χ0v) is 10.4. The van der Waals surface area contributed by atoms with Crippen molar-refractivity contribution >= 4 is 15.3 Å². The molecule has 6 nitrogen and oxygen atoms in total. The highest BCUT2D eigenvalue weighted by Crippen LogP contribution is 2.04. The maximum atomic E-state index is 11.5. The first-order chi connectivity index (χ1) is 6.87. The normalized spacial score (nSPS) is 12.5. The molecule has 0 bridgehead atoms. The second-order valence-electron chi connectivity index (χ2n) is 3.14. The average Bonchev–Trinajstić information content (AvgIpc) is 2.24. The number of hydrogen-bond acceptors (Lipinski definition) is 4. The van der Waals surface area contributed by atoms with Crippen molar-refractivity contribution in [2.24, 2.45) is 0 Å². The number of sulfonamides is 1. The molecule has 0 atom stereocenters. The van der Waals surface area contributed by atoms with E-state index in [1.807, 2.05) is 20.8 Å². The van der Waals surface area contributed by atoms with Gasteiger partial charge in [-0.15, -0.1) is 0 Å². The number of methoxy groups -OCH3 is 1. The van der Waals surface area contributed by atoms with Crippen LogP contribution >= 0.6 is 0 Å². The Labute approximate surface area is 90.8 Å². The van der Waals surface area contributed by atoms with Crippen molar-refractivity contribution in [1.82, 2.24) is 4.83 Å². The van der Waals surface area contributed by atoms with Crippen molar-refractivity contribution in [3.8, 4) is 0 Å². The summed E-state index contributed by atoms with van der Waals surface area (Å²) in [5, 5.41) is -1.25. The van der Waals surface area contributed by atoms with Gasteiger partial charge in [0.05, 0.1) is 26.7 Å². The van der Waals surface area contributed by atoms with Crippen molar-refractivity contribution < 1.29 is 22.5 Å². The Balaban J connectivity index is 4.91. The number of nitrogens with one attached hydrogen (secondary N) is 1. The standard InChI is InChI=1S/C8H19N2O4S/c1-5-10(6-2,7-3)9-15(12,13)8(11)14-4/h9H,5-7H2,1-4H3/q+1. The first-order valence-electron chi connectivity index (χ1n) is 4.85. The van der Waals surface area contributed by atoms with Crippen LogP contribution in [-0.4, -0.2) is 45.1 Å². The van der Waals surface area contributed by atoms with E-state index in [1.54, 1.807) is 0 Å². The van der Waals surface area contributed by atoms with Crippen molar-refractivity contribution in [2.45, 2.75) is 20.8 Å². The second-order valence-corrected chi connectivity index (χ2v) is 4.67. The fraction of sp³-hybridized carbons (Fsp3) is 0.875. The molecule has 0 saturated carbocycles. The Hall–Kier alpha value is -0.660. The summed E-state index contributed by atoms with van der Waals surface area (Å²) in [7, 11) is -3.00. The van der Waals surface area contributed by atoms with Gasteiger partial charge in [0.25, 0.3) is 0 Å². The Kier molecular flexibility index (Phi) is 5.19. The summed E-state index contributed by atoms with van der Waals surface area (Å²) in [6.07, 6.45) is 0. The van der Waals surface area contributed by atoms with Gasteiger partial charge in [0.1, 0.15) is 0 Å². The molecule has 0 unspecified atom stereocenters. The monoisotopic (exact) mass is 239 g/mol. The van der Waals surface area contributed by atoms with Gasteiger partial charge < -0.3 is 4.74 Å². The molecule has 0 aliphatic heterocycles. The number of hydrogen-bond donors (Lipinski definition) is 1. The number of nitrogens with zero attached hydrogens (tertiary/aromatic N) is 1. The molecule has 0 aromatic heterocycles. The summed E-state index contributed by atoms with van der Waals surface area (Å²) in [5.74, 6) is 0. The number of ether oxygens (including phenoxy) is 1. The van der Waals surface area contributed by atoms with Crippen LogP contribution in [0.4, 0.5) is 4.79 Å². The van der Waals surface area contributed by atoms with Gasteiger partial charge in [0.2, 0.25) is 0 Å². The lowest BCUT2D eigenvalue weighted by Crippen LogP contribution is -2.60. The summed E-state index contributed by atoms with van der Waals surface area (Å²) < 4.78 is 27.2. The van der Waals surface area contributed by atoms with Crippen LogP contribution in [0.25, 0.3) is 0 Å². The van der Waals surface area contributed by atoms with Gasteiger partial charge in [0.15, 0.2) is 0 Å². The van der Waals surface area contributed by atoms with Crippen molar-refractivity contribution in [3.63, 3.8) is 0 Å². The van der Waals surface area contributed by atoms with Gasteiger partial charge in [0, 0.05) is 0 Å². The average molecular weight is 239 g/mol. The van der Waals surface area contributed by atoms with Crippen LogP contribution in [0.3, 0.4) is 0 Å². The van der Waals surface area contributed by atoms with Crippen molar-refractivity contribution in [1.29, 1.82) is 0 Å². The molecular weight excluding hydrogens is 220 g/mol. The SMILES string of the molecule is CC[N+](CC)(CC)NS(=O)(=O)C(=O)OC. The van der Waals surface area contributed by atoms with E-state index >= 15 is 0 Å². The molecule has 7 heteroatoms. The third-order valence-electron chi connectivity index (χ3n) is 2.52. The maximum Gasteiger partial charge on any atom is 0.444 e. The Morgan fingerprint density at radius 3 is 1.87 bits per heavy atom. The van der Waals surface area contributed by atoms with Gasteiger partial charge in [-0.2, -0.15) is 8.42 Å². The topological polar surface area (TPSA) is 72.5 Å². The zero-order chi connectivity index (χ0) is 12.1. The van der Waals surface area contributed by atoms with E-state index in [2.05, 4.69) is 9.57 Å². The van der Waals surface area contributed by atoms with Crippen LogP contribution in [0.2, 0.25) is 0 Å². The predicted octanol–water partition coefficient (Wildman–Crippen LogP) is 0.464. The Morgan fingerprint density at radius 1 is 1.20 bits per heavy atom. The molecule has 0 aromatic rings. The number of quaternary nitrogens is 1. The van der Waals surface area contributed by atoms with E-state index in [4.69, 9.17) is 0 Å².